The molecule has 0 aliphatic heterocycles. The summed E-state index contributed by atoms with van der Waals surface area (Å²) >= 11 is 0. The van der Waals surface area contributed by atoms with E-state index in [1.807, 2.05) is 30.6 Å². The maximum Gasteiger partial charge on any atom is 0.159 e. The fourth-order valence-electron chi connectivity index (χ4n) is 6.51. The van der Waals surface area contributed by atoms with Crippen LogP contribution in [0.1, 0.15) is 0 Å². The van der Waals surface area contributed by atoms with Gasteiger partial charge in [-0.2, -0.15) is 0 Å². The Bertz CT molecular complexity index is 2450. The second kappa shape index (κ2) is 9.79. The van der Waals surface area contributed by atoms with Gasteiger partial charge < -0.3 is 9.13 Å². The van der Waals surface area contributed by atoms with Crippen LogP contribution in [0, 0.1) is 0 Å². The van der Waals surface area contributed by atoms with Crippen molar-refractivity contribution >= 4 is 43.5 Å². The molecule has 0 bridgehead atoms. The van der Waals surface area contributed by atoms with E-state index in [4.69, 9.17) is 9.97 Å². The van der Waals surface area contributed by atoms with E-state index in [-0.39, 0.29) is 0 Å². The van der Waals surface area contributed by atoms with Crippen LogP contribution >= 0.6 is 0 Å². The van der Waals surface area contributed by atoms with Crippen LogP contribution < -0.4 is 0 Å². The van der Waals surface area contributed by atoms with Gasteiger partial charge in [-0.3, -0.25) is 0 Å². The van der Waals surface area contributed by atoms with Crippen molar-refractivity contribution in [2.75, 3.05) is 0 Å². The Kier molecular flexibility index (Phi) is 5.47. The van der Waals surface area contributed by atoms with Gasteiger partial charge in [-0.15, -0.1) is 0 Å². The molecule has 0 N–H and O–H groups in total. The van der Waals surface area contributed by atoms with Gasteiger partial charge in [0.2, 0.25) is 0 Å². The van der Waals surface area contributed by atoms with Crippen molar-refractivity contribution in [2.45, 2.75) is 0 Å². The van der Waals surface area contributed by atoms with E-state index in [2.05, 4.69) is 137 Å². The molecule has 206 valence electrons. The molecule has 0 radical (unpaired) electrons. The molecule has 0 fully saturated rings. The van der Waals surface area contributed by atoms with Crippen LogP contribution in [-0.4, -0.2) is 19.1 Å². The number of nitrogens with zero attached hydrogens (tertiary/aromatic N) is 4. The summed E-state index contributed by atoms with van der Waals surface area (Å²) < 4.78 is 4.68. The van der Waals surface area contributed by atoms with E-state index < -0.39 is 0 Å². The fraction of sp³-hybridized carbons (Fsp3) is 0. The smallest absolute Gasteiger partial charge is 0.159 e. The van der Waals surface area contributed by atoms with Crippen LogP contribution in [0.4, 0.5) is 0 Å². The topological polar surface area (TPSA) is 35.6 Å². The second-order valence-electron chi connectivity index (χ2n) is 11.2. The highest BCUT2D eigenvalue weighted by atomic mass is 15.0. The molecule has 4 nitrogen and oxygen atoms in total. The molecular formula is C40H26N4. The summed E-state index contributed by atoms with van der Waals surface area (Å²) in [7, 11) is 0. The van der Waals surface area contributed by atoms with Gasteiger partial charge in [0, 0.05) is 62.6 Å². The summed E-state index contributed by atoms with van der Waals surface area (Å²) in [6.07, 6.45) is 5.96. The molecule has 0 aliphatic carbocycles. The van der Waals surface area contributed by atoms with Crippen molar-refractivity contribution in [3.05, 3.63) is 158 Å². The third kappa shape index (κ3) is 3.85. The minimum atomic E-state index is 0.716. The molecule has 0 atom stereocenters. The summed E-state index contributed by atoms with van der Waals surface area (Å²) in [6.45, 7) is 0. The molecule has 3 aromatic heterocycles. The summed E-state index contributed by atoms with van der Waals surface area (Å²) in [4.78, 5) is 9.39. The molecule has 0 amide bonds. The summed E-state index contributed by atoms with van der Waals surface area (Å²) in [5.74, 6) is 0.716. The lowest BCUT2D eigenvalue weighted by molar-refractivity contribution is 1.13. The SMILES string of the molecule is c1ccc(-c2cnc(-c3ccc(-n4c5ccccc5c5ccc6cc7ccn(-c8ccccc8)c7cc6c54)cc3)nc2)cc1. The maximum absolute atomic E-state index is 4.70. The zero-order valence-electron chi connectivity index (χ0n) is 23.8. The van der Waals surface area contributed by atoms with E-state index >= 15 is 0 Å². The maximum atomic E-state index is 4.70. The van der Waals surface area contributed by atoms with Gasteiger partial charge in [-0.25, -0.2) is 9.97 Å². The molecule has 0 unspecified atom stereocenters. The third-order valence-electron chi connectivity index (χ3n) is 8.64. The number of para-hydroxylation sites is 2. The molecule has 9 aromatic rings. The van der Waals surface area contributed by atoms with Crippen molar-refractivity contribution in [3.63, 3.8) is 0 Å². The Morgan fingerprint density at radius 2 is 1.16 bits per heavy atom. The predicted molar refractivity (Wildman–Crippen MR) is 182 cm³/mol. The number of benzene rings is 6. The van der Waals surface area contributed by atoms with Crippen LogP contribution in [0.2, 0.25) is 0 Å². The Balaban J connectivity index is 1.21. The largest absolute Gasteiger partial charge is 0.317 e. The molecule has 4 heteroatoms. The fourth-order valence-corrected chi connectivity index (χ4v) is 6.51. The Morgan fingerprint density at radius 3 is 1.95 bits per heavy atom. The molecular weight excluding hydrogens is 536 g/mol. The normalized spacial score (nSPS) is 11.6. The molecule has 0 spiro atoms. The third-order valence-corrected chi connectivity index (χ3v) is 8.64. The Hall–Kier alpha value is -6.00. The van der Waals surface area contributed by atoms with Gasteiger partial charge in [0.15, 0.2) is 5.82 Å². The minimum Gasteiger partial charge on any atom is -0.317 e. The highest BCUT2D eigenvalue weighted by molar-refractivity contribution is 6.20. The van der Waals surface area contributed by atoms with E-state index in [1.165, 1.54) is 43.5 Å². The standard InChI is InChI=1S/C40H26N4/c1-3-9-27(10-4-1)31-25-41-40(42-26-31)28-15-18-33(19-16-28)44-37-14-8-7-13-34(37)35-20-17-29-23-30-21-22-43(32-11-5-2-6-12-32)38(30)24-36(29)39(35)44/h1-26H. The van der Waals surface area contributed by atoms with E-state index in [0.29, 0.717) is 5.82 Å². The molecule has 0 saturated carbocycles. The number of hydrogen-bond acceptors (Lipinski definition) is 2. The van der Waals surface area contributed by atoms with Gasteiger partial charge in [-0.05, 0) is 71.6 Å². The lowest BCUT2D eigenvalue weighted by Gasteiger charge is -2.12. The first kappa shape index (κ1) is 24.6. The first-order valence-electron chi connectivity index (χ1n) is 14.8. The Morgan fingerprint density at radius 1 is 0.432 bits per heavy atom. The highest BCUT2D eigenvalue weighted by Gasteiger charge is 2.16. The molecule has 3 heterocycles. The Labute approximate surface area is 254 Å². The number of rotatable bonds is 4. The van der Waals surface area contributed by atoms with Crippen LogP contribution in [0.5, 0.6) is 0 Å². The average molecular weight is 563 g/mol. The first-order chi connectivity index (χ1) is 21.8. The first-order valence-corrected chi connectivity index (χ1v) is 14.8. The zero-order valence-corrected chi connectivity index (χ0v) is 23.8. The van der Waals surface area contributed by atoms with Crippen molar-refractivity contribution in [3.8, 4) is 33.9 Å². The van der Waals surface area contributed by atoms with Gasteiger partial charge in [0.1, 0.15) is 0 Å². The molecule has 0 aliphatic rings. The predicted octanol–water partition coefficient (Wildman–Crippen LogP) is 10.0. The van der Waals surface area contributed by atoms with E-state index in [1.54, 1.807) is 0 Å². The monoisotopic (exact) mass is 562 g/mol. The highest BCUT2D eigenvalue weighted by Crippen LogP contribution is 2.38. The van der Waals surface area contributed by atoms with E-state index in [0.717, 1.165) is 28.1 Å². The number of fused-ring (bicyclic) bond motifs is 6. The van der Waals surface area contributed by atoms with Crippen molar-refractivity contribution in [1.82, 2.24) is 19.1 Å². The van der Waals surface area contributed by atoms with Crippen LogP contribution in [0.25, 0.3) is 77.4 Å². The lowest BCUT2D eigenvalue weighted by atomic mass is 10.0. The van der Waals surface area contributed by atoms with Crippen LogP contribution in [-0.2, 0) is 0 Å². The van der Waals surface area contributed by atoms with Gasteiger partial charge >= 0.3 is 0 Å². The minimum absolute atomic E-state index is 0.716. The molecule has 9 rings (SSSR count). The second-order valence-corrected chi connectivity index (χ2v) is 11.2. The summed E-state index contributed by atoms with van der Waals surface area (Å²) in [6, 6.07) is 49.5. The number of hydrogen-bond donors (Lipinski definition) is 0. The van der Waals surface area contributed by atoms with E-state index in [9.17, 15) is 0 Å². The summed E-state index contributed by atoms with van der Waals surface area (Å²) in [5, 5.41) is 6.17. The summed E-state index contributed by atoms with van der Waals surface area (Å²) in [5.41, 5.74) is 8.96. The van der Waals surface area contributed by atoms with Crippen molar-refractivity contribution in [1.29, 1.82) is 0 Å². The van der Waals surface area contributed by atoms with Gasteiger partial charge in [0.05, 0.1) is 16.6 Å². The molecule has 0 saturated heterocycles. The number of aromatic nitrogens is 4. The van der Waals surface area contributed by atoms with Gasteiger partial charge in [-0.1, -0.05) is 78.9 Å². The molecule has 44 heavy (non-hydrogen) atoms. The zero-order chi connectivity index (χ0) is 29.0. The van der Waals surface area contributed by atoms with Crippen molar-refractivity contribution in [2.24, 2.45) is 0 Å². The van der Waals surface area contributed by atoms with Crippen LogP contribution in [0.3, 0.4) is 0 Å². The van der Waals surface area contributed by atoms with Gasteiger partial charge in [0.25, 0.3) is 0 Å². The quantitative estimate of drug-likeness (QED) is 0.214. The average Bonchev–Trinajstić information content (AvgIpc) is 3.67. The lowest BCUT2D eigenvalue weighted by Crippen LogP contribution is -1.96. The van der Waals surface area contributed by atoms with Crippen LogP contribution in [0.15, 0.2) is 158 Å². The van der Waals surface area contributed by atoms with Crippen molar-refractivity contribution < 1.29 is 0 Å². The molecule has 6 aromatic carbocycles.